The van der Waals surface area contributed by atoms with Gasteiger partial charge in [-0.15, -0.1) is 0 Å². The SMILES string of the molecule is CC(C)C.CC(C)CC(C)NC(=O)CNC(=O)C1=NCCN=C1.CCC1(OC)CCCC1.CCC1(OC)CCCC1.CCCCC(=O)NC(P(O)O)P(=O)(O)O.Cc1ccccc1. The molecule has 2 unspecified atom stereocenters. The van der Waals surface area contributed by atoms with Gasteiger partial charge in [0.25, 0.3) is 5.91 Å². The van der Waals surface area contributed by atoms with Crippen LogP contribution < -0.4 is 16.0 Å². The van der Waals surface area contributed by atoms with E-state index in [1.165, 1.54) is 76.0 Å². The van der Waals surface area contributed by atoms with Gasteiger partial charge in [0.2, 0.25) is 25.7 Å². The molecule has 2 fully saturated rings. The highest BCUT2D eigenvalue weighted by molar-refractivity contribution is 7.67. The maximum atomic E-state index is 11.7. The standard InChI is InChI=1S/C13H22N4O2.2C8H16O.C7H8.C6H15NO6P2.C4H10/c1-9(2)6-10(3)17-12(18)8-16-13(19)11-7-14-4-5-15-11;2*1-3-8(9-2)6-4-5-7-8;1-7-5-3-2-4-6-7;1-2-3-4-5(8)7-6(14(9)10)15(11,12)13;1-4(2)3/h7,9-10H,4-6,8H2,1-3H3,(H,16,19)(H,17,18);2*3-7H2,1-2H3;2-6H,1H3;6,9-10H,2-4H2,1H3,(H,7,8)(H2,11,12,13);4H,1-3H3. The van der Waals surface area contributed by atoms with Crippen LogP contribution in [0.2, 0.25) is 0 Å². The Labute approximate surface area is 382 Å². The molecule has 2 aliphatic carbocycles. The van der Waals surface area contributed by atoms with Crippen LogP contribution in [0.25, 0.3) is 0 Å². The Morgan fingerprint density at radius 2 is 1.30 bits per heavy atom. The summed E-state index contributed by atoms with van der Waals surface area (Å²) in [6, 6.07) is 10.4. The van der Waals surface area contributed by atoms with Crippen molar-refractivity contribution in [3.05, 3.63) is 35.9 Å². The van der Waals surface area contributed by atoms with E-state index in [0.717, 1.165) is 18.8 Å². The number of unbranched alkanes of at least 4 members (excludes halogenated alkanes) is 1. The summed E-state index contributed by atoms with van der Waals surface area (Å²) in [5, 5.41) is 7.30. The number of nitrogens with one attached hydrogen (secondary N) is 3. The van der Waals surface area contributed by atoms with Crippen LogP contribution in [0.5, 0.6) is 0 Å². The van der Waals surface area contributed by atoms with Crippen molar-refractivity contribution in [2.24, 2.45) is 21.8 Å². The lowest BCUT2D eigenvalue weighted by Crippen LogP contribution is -2.43. The van der Waals surface area contributed by atoms with Gasteiger partial charge in [-0.1, -0.05) is 123 Å². The number of hydrogen-bond donors (Lipinski definition) is 7. The summed E-state index contributed by atoms with van der Waals surface area (Å²) in [6.07, 6.45) is 16.7. The molecule has 4 rings (SSSR count). The average Bonchev–Trinajstić information content (AvgIpc) is 3.93. The van der Waals surface area contributed by atoms with Crippen LogP contribution in [0.3, 0.4) is 0 Å². The van der Waals surface area contributed by atoms with Crippen molar-refractivity contribution in [1.29, 1.82) is 0 Å². The van der Waals surface area contributed by atoms with Crippen LogP contribution in [0, 0.1) is 18.8 Å². The largest absolute Gasteiger partial charge is 0.378 e. The highest BCUT2D eigenvalue weighted by atomic mass is 31.2. The molecule has 15 nitrogen and oxygen atoms in total. The first-order valence-corrected chi connectivity index (χ1v) is 25.8. The number of nitrogens with zero attached hydrogens (tertiary/aromatic N) is 2. The summed E-state index contributed by atoms with van der Waals surface area (Å²) >= 11 is 0. The van der Waals surface area contributed by atoms with Crippen molar-refractivity contribution in [2.75, 3.05) is 33.9 Å². The topological polar surface area (TPSA) is 228 Å². The van der Waals surface area contributed by atoms with Crippen LogP contribution in [-0.2, 0) is 28.4 Å². The summed E-state index contributed by atoms with van der Waals surface area (Å²) in [6.45, 7) is 22.1. The maximum Gasteiger partial charge on any atom is 0.356 e. The highest BCUT2D eigenvalue weighted by Gasteiger charge is 2.37. The lowest BCUT2D eigenvalue weighted by Gasteiger charge is -2.25. The molecule has 0 aromatic heterocycles. The molecule has 1 heterocycles. The second kappa shape index (κ2) is 35.6. The number of methoxy groups -OCH3 is 2. The Kier molecular flexibility index (Phi) is 35.3. The normalized spacial score (nSPS) is 16.7. The van der Waals surface area contributed by atoms with E-state index in [1.807, 2.05) is 51.6 Å². The first-order valence-electron chi connectivity index (χ1n) is 22.8. The highest BCUT2D eigenvalue weighted by Crippen LogP contribution is 2.53. The first kappa shape index (κ1) is 62.5. The molecule has 0 radical (unpaired) electrons. The number of carbonyl (C=O) groups is 3. The van der Waals surface area contributed by atoms with E-state index >= 15 is 0 Å². The summed E-state index contributed by atoms with van der Waals surface area (Å²) in [5.41, 5.74) is 0.272. The quantitative estimate of drug-likeness (QED) is 0.0781. The molecule has 1 aromatic carbocycles. The Hall–Kier alpha value is -2.61. The van der Waals surface area contributed by atoms with E-state index in [0.29, 0.717) is 25.4 Å². The maximum absolute atomic E-state index is 11.7. The van der Waals surface area contributed by atoms with Gasteiger partial charge in [-0.25, -0.2) is 0 Å². The summed E-state index contributed by atoms with van der Waals surface area (Å²) in [4.78, 5) is 77.3. The molecule has 0 bridgehead atoms. The van der Waals surface area contributed by atoms with Crippen LogP contribution in [0.15, 0.2) is 40.3 Å². The van der Waals surface area contributed by atoms with E-state index in [4.69, 9.17) is 29.0 Å². The van der Waals surface area contributed by atoms with E-state index < -0.39 is 27.4 Å². The van der Waals surface area contributed by atoms with Crippen LogP contribution in [-0.4, -0.2) is 106 Å². The molecule has 2 saturated carbocycles. The number of ether oxygens (including phenoxy) is 2. The lowest BCUT2D eigenvalue weighted by atomic mass is 9.99. The van der Waals surface area contributed by atoms with Gasteiger partial charge in [0, 0.05) is 26.7 Å². The minimum absolute atomic E-state index is 0.0336. The minimum atomic E-state index is -4.72. The Bertz CT molecular complexity index is 1420. The third-order valence-corrected chi connectivity index (χ3v) is 13.2. The van der Waals surface area contributed by atoms with Crippen LogP contribution in [0.4, 0.5) is 0 Å². The van der Waals surface area contributed by atoms with Crippen molar-refractivity contribution in [3.63, 3.8) is 0 Å². The molecular formula is C46H87N5O10P2. The van der Waals surface area contributed by atoms with Gasteiger partial charge in [0.05, 0.1) is 37.1 Å². The number of benzene rings is 1. The summed E-state index contributed by atoms with van der Waals surface area (Å²) < 4.78 is 21.7. The minimum Gasteiger partial charge on any atom is -0.378 e. The first-order chi connectivity index (χ1) is 29.6. The molecule has 1 aliphatic heterocycles. The van der Waals surface area contributed by atoms with Gasteiger partial charge >= 0.3 is 7.60 Å². The smallest absolute Gasteiger partial charge is 0.356 e. The lowest BCUT2D eigenvalue weighted by molar-refractivity contribution is -0.123. The van der Waals surface area contributed by atoms with Gasteiger partial charge < -0.3 is 45.0 Å². The molecule has 366 valence electrons. The number of rotatable bonds is 16. The fourth-order valence-corrected chi connectivity index (χ4v) is 8.35. The fraction of sp³-hybridized carbons (Fsp3) is 0.761. The molecular weight excluding hydrogens is 844 g/mol. The molecule has 7 N–H and O–H groups in total. The zero-order valence-corrected chi connectivity index (χ0v) is 42.6. The predicted molar refractivity (Wildman–Crippen MR) is 259 cm³/mol. The van der Waals surface area contributed by atoms with Crippen molar-refractivity contribution in [3.8, 4) is 0 Å². The second-order valence-corrected chi connectivity index (χ2v) is 20.6. The zero-order valence-electron chi connectivity index (χ0n) is 40.8. The Balaban J connectivity index is 0. The Morgan fingerprint density at radius 1 is 0.810 bits per heavy atom. The van der Waals surface area contributed by atoms with Crippen molar-refractivity contribution in [1.82, 2.24) is 16.0 Å². The van der Waals surface area contributed by atoms with Crippen molar-refractivity contribution in [2.45, 2.75) is 182 Å². The van der Waals surface area contributed by atoms with Crippen molar-refractivity contribution < 1.29 is 48.0 Å². The predicted octanol–water partition coefficient (Wildman–Crippen LogP) is 8.60. The van der Waals surface area contributed by atoms with Gasteiger partial charge in [0.1, 0.15) is 5.71 Å². The van der Waals surface area contributed by atoms with Crippen LogP contribution in [0.1, 0.15) is 158 Å². The second-order valence-electron chi connectivity index (χ2n) is 17.3. The molecule has 3 amide bonds. The monoisotopic (exact) mass is 932 g/mol. The molecule has 2 atom stereocenters. The van der Waals surface area contributed by atoms with Gasteiger partial charge in [-0.3, -0.25) is 28.9 Å². The van der Waals surface area contributed by atoms with Crippen LogP contribution >= 0.6 is 16.0 Å². The third-order valence-electron chi connectivity index (χ3n) is 10.3. The van der Waals surface area contributed by atoms with Crippen molar-refractivity contribution >= 4 is 45.6 Å². The zero-order chi connectivity index (χ0) is 48.5. The van der Waals surface area contributed by atoms with E-state index in [-0.39, 0.29) is 47.7 Å². The number of hydrogen-bond acceptors (Lipinski definition) is 10. The van der Waals surface area contributed by atoms with Gasteiger partial charge in [-0.2, -0.15) is 0 Å². The van der Waals surface area contributed by atoms with E-state index in [2.05, 4.69) is 88.1 Å². The van der Waals surface area contributed by atoms with E-state index in [9.17, 15) is 18.9 Å². The average molecular weight is 932 g/mol. The number of aryl methyl sites for hydroxylation is 1. The summed E-state index contributed by atoms with van der Waals surface area (Å²) in [7, 11) is -3.93. The molecule has 63 heavy (non-hydrogen) atoms. The third kappa shape index (κ3) is 31.8. The van der Waals surface area contributed by atoms with Gasteiger partial charge in [0.15, 0.2) is 0 Å². The number of amides is 3. The molecule has 0 saturated heterocycles. The number of aliphatic imine (C=N–C) groups is 2. The summed E-state index contributed by atoms with van der Waals surface area (Å²) in [5.74, 6) is 0.225. The number of carbonyl (C=O) groups excluding carboxylic acids is 3. The van der Waals surface area contributed by atoms with E-state index in [1.54, 1.807) is 0 Å². The van der Waals surface area contributed by atoms with Gasteiger partial charge in [-0.05, 0) is 77.0 Å². The molecule has 0 spiro atoms. The molecule has 3 aliphatic rings. The molecule has 17 heteroatoms. The Morgan fingerprint density at radius 3 is 1.62 bits per heavy atom. The molecule has 1 aromatic rings. The fourth-order valence-electron chi connectivity index (χ4n) is 6.70.